The van der Waals surface area contributed by atoms with Crippen molar-refractivity contribution in [3.63, 3.8) is 0 Å². The number of nitrogens with two attached hydrogens (primary N) is 1. The van der Waals surface area contributed by atoms with Crippen molar-refractivity contribution in [2.45, 2.75) is 19.9 Å². The van der Waals surface area contributed by atoms with Crippen LogP contribution in [0.4, 0.5) is 5.69 Å². The van der Waals surface area contributed by atoms with Crippen LogP contribution in [0.5, 0.6) is 0 Å². The molecule has 0 aliphatic rings. The van der Waals surface area contributed by atoms with Gasteiger partial charge in [0.15, 0.2) is 0 Å². The second-order valence-corrected chi connectivity index (χ2v) is 5.28. The lowest BCUT2D eigenvalue weighted by Gasteiger charge is -2.20. The Labute approximate surface area is 113 Å². The molecular weight excluding hydrogens is 240 g/mol. The summed E-state index contributed by atoms with van der Waals surface area (Å²) in [6.45, 7) is 5.35. The predicted octanol–water partition coefficient (Wildman–Crippen LogP) is 3.39. The van der Waals surface area contributed by atoms with Gasteiger partial charge in [-0.3, -0.25) is 4.90 Å². The van der Waals surface area contributed by atoms with E-state index in [1.54, 1.807) is 11.3 Å². The third kappa shape index (κ3) is 3.86. The van der Waals surface area contributed by atoms with Gasteiger partial charge in [0.25, 0.3) is 0 Å². The molecule has 0 aliphatic carbocycles. The van der Waals surface area contributed by atoms with Gasteiger partial charge in [0.05, 0.1) is 0 Å². The van der Waals surface area contributed by atoms with Crippen molar-refractivity contribution < 1.29 is 0 Å². The zero-order valence-corrected chi connectivity index (χ0v) is 11.6. The second-order valence-electron chi connectivity index (χ2n) is 4.50. The van der Waals surface area contributed by atoms with Crippen LogP contribution in [0.25, 0.3) is 0 Å². The van der Waals surface area contributed by atoms with Gasteiger partial charge in [-0.05, 0) is 53.1 Å². The van der Waals surface area contributed by atoms with E-state index in [1.807, 2.05) is 12.1 Å². The van der Waals surface area contributed by atoms with Crippen LogP contribution < -0.4 is 5.73 Å². The Kier molecular flexibility index (Phi) is 4.79. The predicted molar refractivity (Wildman–Crippen MR) is 79.8 cm³/mol. The molecule has 2 aromatic rings. The first-order valence-corrected chi connectivity index (χ1v) is 7.30. The molecule has 0 radical (unpaired) electrons. The Morgan fingerprint density at radius 3 is 2.78 bits per heavy atom. The fraction of sp³-hybridized carbons (Fsp3) is 0.333. The maximum Gasteiger partial charge on any atom is 0.0317 e. The molecule has 18 heavy (non-hydrogen) atoms. The molecule has 96 valence electrons. The van der Waals surface area contributed by atoms with Crippen molar-refractivity contribution in [3.8, 4) is 0 Å². The summed E-state index contributed by atoms with van der Waals surface area (Å²) in [5.74, 6) is 0. The largest absolute Gasteiger partial charge is 0.399 e. The molecule has 2 N–H and O–H groups in total. The summed E-state index contributed by atoms with van der Waals surface area (Å²) in [6, 6.07) is 10.4. The minimum Gasteiger partial charge on any atom is -0.399 e. The Morgan fingerprint density at radius 1 is 1.22 bits per heavy atom. The molecule has 0 fully saturated rings. The van der Waals surface area contributed by atoms with E-state index in [1.165, 1.54) is 11.1 Å². The fourth-order valence-corrected chi connectivity index (χ4v) is 2.72. The van der Waals surface area contributed by atoms with E-state index in [-0.39, 0.29) is 0 Å². The van der Waals surface area contributed by atoms with E-state index in [0.29, 0.717) is 0 Å². The number of benzene rings is 1. The molecule has 0 aliphatic heterocycles. The second kappa shape index (κ2) is 6.57. The Hall–Kier alpha value is -1.32. The minimum absolute atomic E-state index is 0.849. The zero-order chi connectivity index (χ0) is 12.8. The third-order valence-electron chi connectivity index (χ3n) is 3.10. The Morgan fingerprint density at radius 2 is 2.11 bits per heavy atom. The fourth-order valence-electron chi connectivity index (χ4n) is 2.02. The number of anilines is 1. The lowest BCUT2D eigenvalue weighted by Crippen LogP contribution is -2.25. The highest BCUT2D eigenvalue weighted by Crippen LogP contribution is 2.11. The van der Waals surface area contributed by atoms with Crippen molar-refractivity contribution in [2.24, 2.45) is 0 Å². The molecule has 0 amide bonds. The Bertz CT molecular complexity index is 465. The number of likely N-dealkylation sites (N-methyl/N-ethyl adjacent to an activating group) is 1. The SMILES string of the molecule is CCN(CCc1ccsc1)Cc1cccc(N)c1. The highest BCUT2D eigenvalue weighted by atomic mass is 32.1. The van der Waals surface area contributed by atoms with Crippen LogP contribution in [0.2, 0.25) is 0 Å². The normalized spacial score (nSPS) is 11.0. The molecule has 3 heteroatoms. The van der Waals surface area contributed by atoms with Crippen LogP contribution in [0, 0.1) is 0 Å². The maximum absolute atomic E-state index is 5.81. The molecule has 1 aromatic carbocycles. The average Bonchev–Trinajstić information content (AvgIpc) is 2.87. The van der Waals surface area contributed by atoms with Gasteiger partial charge in [-0.2, -0.15) is 11.3 Å². The first-order chi connectivity index (χ1) is 8.78. The van der Waals surface area contributed by atoms with Crippen LogP contribution in [0.3, 0.4) is 0 Å². The van der Waals surface area contributed by atoms with Crippen LogP contribution in [-0.2, 0) is 13.0 Å². The number of hydrogen-bond acceptors (Lipinski definition) is 3. The molecule has 0 spiro atoms. The number of nitrogen functional groups attached to an aromatic ring is 1. The average molecular weight is 260 g/mol. The van der Waals surface area contributed by atoms with Gasteiger partial charge < -0.3 is 5.73 Å². The van der Waals surface area contributed by atoms with E-state index in [0.717, 1.165) is 31.7 Å². The molecule has 0 saturated carbocycles. The monoisotopic (exact) mass is 260 g/mol. The van der Waals surface area contributed by atoms with Crippen LogP contribution in [-0.4, -0.2) is 18.0 Å². The summed E-state index contributed by atoms with van der Waals surface area (Å²) in [6.07, 6.45) is 1.12. The highest BCUT2D eigenvalue weighted by molar-refractivity contribution is 7.07. The number of rotatable bonds is 6. The van der Waals surface area contributed by atoms with Crippen molar-refractivity contribution in [1.29, 1.82) is 0 Å². The highest BCUT2D eigenvalue weighted by Gasteiger charge is 2.04. The van der Waals surface area contributed by atoms with Gasteiger partial charge in [0, 0.05) is 18.8 Å². The van der Waals surface area contributed by atoms with Gasteiger partial charge in [-0.1, -0.05) is 19.1 Å². The van der Waals surface area contributed by atoms with Crippen molar-refractivity contribution in [3.05, 3.63) is 52.2 Å². The molecular formula is C15H20N2S. The number of thiophene rings is 1. The molecule has 0 saturated heterocycles. The smallest absolute Gasteiger partial charge is 0.0317 e. The van der Waals surface area contributed by atoms with E-state index in [4.69, 9.17) is 5.73 Å². The topological polar surface area (TPSA) is 29.3 Å². The van der Waals surface area contributed by atoms with Gasteiger partial charge >= 0.3 is 0 Å². The quantitative estimate of drug-likeness (QED) is 0.807. The summed E-state index contributed by atoms with van der Waals surface area (Å²) in [5, 5.41) is 4.37. The van der Waals surface area contributed by atoms with E-state index in [9.17, 15) is 0 Å². The summed E-state index contributed by atoms with van der Waals surface area (Å²) in [7, 11) is 0. The maximum atomic E-state index is 5.81. The van der Waals surface area contributed by atoms with Crippen LogP contribution >= 0.6 is 11.3 Å². The molecule has 1 aromatic heterocycles. The Balaban J connectivity index is 1.89. The first-order valence-electron chi connectivity index (χ1n) is 6.36. The molecule has 2 nitrogen and oxygen atoms in total. The molecule has 2 rings (SSSR count). The van der Waals surface area contributed by atoms with Crippen molar-refractivity contribution in [1.82, 2.24) is 4.90 Å². The molecule has 0 bridgehead atoms. The van der Waals surface area contributed by atoms with E-state index >= 15 is 0 Å². The summed E-state index contributed by atoms with van der Waals surface area (Å²) < 4.78 is 0. The van der Waals surface area contributed by atoms with Crippen LogP contribution in [0.1, 0.15) is 18.1 Å². The summed E-state index contributed by atoms with van der Waals surface area (Å²) >= 11 is 1.77. The minimum atomic E-state index is 0.849. The zero-order valence-electron chi connectivity index (χ0n) is 10.8. The van der Waals surface area contributed by atoms with Gasteiger partial charge in [0.2, 0.25) is 0 Å². The molecule has 0 atom stereocenters. The van der Waals surface area contributed by atoms with E-state index < -0.39 is 0 Å². The lowest BCUT2D eigenvalue weighted by molar-refractivity contribution is 0.284. The number of hydrogen-bond donors (Lipinski definition) is 1. The van der Waals surface area contributed by atoms with E-state index in [2.05, 4.69) is 40.8 Å². The van der Waals surface area contributed by atoms with Crippen molar-refractivity contribution >= 4 is 17.0 Å². The molecule has 1 heterocycles. The van der Waals surface area contributed by atoms with Crippen LogP contribution in [0.15, 0.2) is 41.1 Å². The van der Waals surface area contributed by atoms with Gasteiger partial charge in [0.1, 0.15) is 0 Å². The third-order valence-corrected chi connectivity index (χ3v) is 3.83. The lowest BCUT2D eigenvalue weighted by atomic mass is 10.1. The number of nitrogens with zero attached hydrogens (tertiary/aromatic N) is 1. The summed E-state index contributed by atoms with van der Waals surface area (Å²) in [5.41, 5.74) is 9.39. The summed E-state index contributed by atoms with van der Waals surface area (Å²) in [4.78, 5) is 2.45. The standard InChI is InChI=1S/C15H20N2S/c1-2-17(8-6-13-7-9-18-12-13)11-14-4-3-5-15(16)10-14/h3-5,7,9-10,12H,2,6,8,11,16H2,1H3. The molecule has 0 unspecified atom stereocenters. The first kappa shape index (κ1) is 13.1. The van der Waals surface area contributed by atoms with Crippen molar-refractivity contribution in [2.75, 3.05) is 18.8 Å². The van der Waals surface area contributed by atoms with Gasteiger partial charge in [-0.25, -0.2) is 0 Å². The van der Waals surface area contributed by atoms with Gasteiger partial charge in [-0.15, -0.1) is 0 Å².